The Morgan fingerprint density at radius 2 is 2.05 bits per heavy atom. The van der Waals surface area contributed by atoms with E-state index in [0.717, 1.165) is 17.8 Å². The van der Waals surface area contributed by atoms with Crippen molar-refractivity contribution in [1.82, 2.24) is 14.7 Å². The van der Waals surface area contributed by atoms with Crippen LogP contribution in [0.5, 0.6) is 0 Å². The Labute approximate surface area is 115 Å². The first kappa shape index (κ1) is 14.4. The lowest BCUT2D eigenvalue weighted by Crippen LogP contribution is -2.24. The maximum atomic E-state index is 13.6. The van der Waals surface area contributed by atoms with Gasteiger partial charge in [-0.25, -0.2) is 17.5 Å². The third kappa shape index (κ3) is 3.28. The summed E-state index contributed by atoms with van der Waals surface area (Å²) in [6, 6.07) is 3.40. The van der Waals surface area contributed by atoms with Gasteiger partial charge in [0.2, 0.25) is 10.0 Å². The molecule has 0 bridgehead atoms. The smallest absolute Gasteiger partial charge is 0.243 e. The van der Waals surface area contributed by atoms with E-state index < -0.39 is 20.7 Å². The van der Waals surface area contributed by atoms with Gasteiger partial charge in [0.15, 0.2) is 0 Å². The molecular weight excluding hydrogens is 283 g/mol. The van der Waals surface area contributed by atoms with Crippen molar-refractivity contribution in [1.29, 1.82) is 0 Å². The lowest BCUT2D eigenvalue weighted by molar-refractivity contribution is 0.556. The number of aryl methyl sites for hydroxylation is 1. The second-order valence-electron chi connectivity index (χ2n) is 4.16. The fraction of sp³-hybridized carbons (Fsp3) is 0.167. The molecule has 0 saturated carbocycles. The summed E-state index contributed by atoms with van der Waals surface area (Å²) in [4.78, 5) is 7.55. The molecule has 0 aliphatic heterocycles. The van der Waals surface area contributed by atoms with Crippen LogP contribution in [0.4, 0.5) is 10.1 Å². The Bertz CT molecular complexity index is 717. The van der Waals surface area contributed by atoms with E-state index in [0.29, 0.717) is 5.69 Å². The van der Waals surface area contributed by atoms with Gasteiger partial charge in [-0.05, 0) is 25.1 Å². The van der Waals surface area contributed by atoms with Crippen molar-refractivity contribution in [2.24, 2.45) is 0 Å². The Morgan fingerprint density at radius 1 is 1.30 bits per heavy atom. The maximum absolute atomic E-state index is 13.6. The number of nitrogen functional groups attached to an aromatic ring is 1. The van der Waals surface area contributed by atoms with Crippen LogP contribution in [0.1, 0.15) is 11.4 Å². The van der Waals surface area contributed by atoms with Crippen LogP contribution < -0.4 is 10.5 Å². The van der Waals surface area contributed by atoms with E-state index in [-0.39, 0.29) is 12.2 Å². The molecule has 0 atom stereocenters. The molecule has 1 heterocycles. The quantitative estimate of drug-likeness (QED) is 0.820. The van der Waals surface area contributed by atoms with E-state index in [1.165, 1.54) is 18.5 Å². The molecule has 0 fully saturated rings. The molecule has 0 spiro atoms. The molecule has 0 amide bonds. The second-order valence-corrected chi connectivity index (χ2v) is 5.90. The lowest BCUT2D eigenvalue weighted by Gasteiger charge is -2.07. The van der Waals surface area contributed by atoms with Crippen LogP contribution >= 0.6 is 0 Å². The van der Waals surface area contributed by atoms with Crippen LogP contribution in [-0.2, 0) is 16.6 Å². The average molecular weight is 296 g/mol. The Kier molecular flexibility index (Phi) is 3.96. The topological polar surface area (TPSA) is 98.0 Å². The molecule has 0 aliphatic carbocycles. The molecule has 0 unspecified atom stereocenters. The zero-order valence-electron chi connectivity index (χ0n) is 10.7. The van der Waals surface area contributed by atoms with E-state index in [1.54, 1.807) is 6.92 Å². The molecule has 2 aromatic rings. The van der Waals surface area contributed by atoms with Crippen LogP contribution in [0, 0.1) is 12.7 Å². The number of rotatable bonds is 4. The first-order valence-electron chi connectivity index (χ1n) is 5.71. The molecule has 3 N–H and O–H groups in total. The summed E-state index contributed by atoms with van der Waals surface area (Å²) in [5.74, 6) is -0.896. The Hall–Kier alpha value is -2.06. The van der Waals surface area contributed by atoms with Gasteiger partial charge in [-0.1, -0.05) is 0 Å². The van der Waals surface area contributed by atoms with Gasteiger partial charge in [0.25, 0.3) is 0 Å². The van der Waals surface area contributed by atoms with Gasteiger partial charge >= 0.3 is 0 Å². The van der Waals surface area contributed by atoms with Crippen LogP contribution in [0.2, 0.25) is 0 Å². The number of hydrogen-bond donors (Lipinski definition) is 2. The summed E-state index contributed by atoms with van der Waals surface area (Å²) in [7, 11) is -3.96. The summed E-state index contributed by atoms with van der Waals surface area (Å²) in [5, 5.41) is 0. The van der Waals surface area contributed by atoms with E-state index in [1.807, 2.05) is 0 Å². The van der Waals surface area contributed by atoms with Gasteiger partial charge in [0, 0.05) is 11.9 Å². The number of sulfonamides is 1. The number of benzene rings is 1. The van der Waals surface area contributed by atoms with Crippen molar-refractivity contribution >= 4 is 15.7 Å². The van der Waals surface area contributed by atoms with Gasteiger partial charge in [-0.2, -0.15) is 0 Å². The lowest BCUT2D eigenvalue weighted by atomic mass is 10.3. The minimum absolute atomic E-state index is 0.0700. The molecular formula is C12H13FN4O2S. The third-order valence-electron chi connectivity index (χ3n) is 2.52. The Balaban J connectivity index is 2.17. The average Bonchev–Trinajstić information content (AvgIpc) is 2.37. The summed E-state index contributed by atoms with van der Waals surface area (Å²) in [6.07, 6.45) is 2.98. The number of halogens is 1. The summed E-state index contributed by atoms with van der Waals surface area (Å²) in [6.45, 7) is 1.70. The van der Waals surface area contributed by atoms with Crippen LogP contribution in [0.15, 0.2) is 35.5 Å². The summed E-state index contributed by atoms with van der Waals surface area (Å²) < 4.78 is 39.8. The number of anilines is 1. The molecule has 106 valence electrons. The fourth-order valence-electron chi connectivity index (χ4n) is 1.49. The monoisotopic (exact) mass is 296 g/mol. The van der Waals surface area contributed by atoms with Crippen LogP contribution in [0.25, 0.3) is 0 Å². The van der Waals surface area contributed by atoms with Gasteiger partial charge in [-0.15, -0.1) is 0 Å². The fourth-order valence-corrected chi connectivity index (χ4v) is 2.55. The van der Waals surface area contributed by atoms with E-state index in [2.05, 4.69) is 14.7 Å². The summed E-state index contributed by atoms with van der Waals surface area (Å²) >= 11 is 0. The first-order valence-corrected chi connectivity index (χ1v) is 7.19. The largest absolute Gasteiger partial charge is 0.399 e. The van der Waals surface area contributed by atoms with Crippen molar-refractivity contribution in [2.75, 3.05) is 5.73 Å². The highest BCUT2D eigenvalue weighted by atomic mass is 32.2. The number of nitrogens with zero attached hydrogens (tertiary/aromatic N) is 2. The van der Waals surface area contributed by atoms with Crippen LogP contribution in [0.3, 0.4) is 0 Å². The van der Waals surface area contributed by atoms with Crippen molar-refractivity contribution in [3.63, 3.8) is 0 Å². The van der Waals surface area contributed by atoms with Crippen molar-refractivity contribution in [2.45, 2.75) is 18.4 Å². The minimum Gasteiger partial charge on any atom is -0.399 e. The van der Waals surface area contributed by atoms with Crippen LogP contribution in [-0.4, -0.2) is 18.4 Å². The normalized spacial score (nSPS) is 11.5. The Morgan fingerprint density at radius 3 is 2.65 bits per heavy atom. The van der Waals surface area contributed by atoms with Gasteiger partial charge in [0.1, 0.15) is 10.7 Å². The molecule has 20 heavy (non-hydrogen) atoms. The third-order valence-corrected chi connectivity index (χ3v) is 3.96. The molecule has 0 aliphatic rings. The highest BCUT2D eigenvalue weighted by molar-refractivity contribution is 7.89. The zero-order valence-corrected chi connectivity index (χ0v) is 11.5. The molecule has 6 nitrogen and oxygen atoms in total. The first-order chi connectivity index (χ1) is 9.38. The predicted molar refractivity (Wildman–Crippen MR) is 71.6 cm³/mol. The van der Waals surface area contributed by atoms with Crippen molar-refractivity contribution in [3.05, 3.63) is 47.8 Å². The highest BCUT2D eigenvalue weighted by Crippen LogP contribution is 2.17. The number of aromatic nitrogens is 2. The van der Waals surface area contributed by atoms with E-state index in [9.17, 15) is 12.8 Å². The SMILES string of the molecule is Cc1cnc(CNS(=O)(=O)c2ccc(N)cc2F)cn1. The van der Waals surface area contributed by atoms with Crippen molar-refractivity contribution in [3.8, 4) is 0 Å². The maximum Gasteiger partial charge on any atom is 0.243 e. The number of hydrogen-bond acceptors (Lipinski definition) is 5. The number of nitrogens with two attached hydrogens (primary N) is 1. The molecule has 1 aromatic heterocycles. The van der Waals surface area contributed by atoms with Crippen molar-refractivity contribution < 1.29 is 12.8 Å². The molecule has 2 rings (SSSR count). The molecule has 0 radical (unpaired) electrons. The standard InChI is InChI=1S/C12H13FN4O2S/c1-8-5-16-10(6-15-8)7-17-20(18,19)12-3-2-9(14)4-11(12)13/h2-6,17H,7,14H2,1H3. The van der Waals surface area contributed by atoms with Gasteiger partial charge in [-0.3, -0.25) is 9.97 Å². The van der Waals surface area contributed by atoms with E-state index >= 15 is 0 Å². The second kappa shape index (κ2) is 5.51. The number of nitrogens with one attached hydrogen (secondary N) is 1. The van der Waals surface area contributed by atoms with E-state index in [4.69, 9.17) is 5.73 Å². The molecule has 8 heteroatoms. The predicted octanol–water partition coefficient (Wildman–Crippen LogP) is 0.985. The van der Waals surface area contributed by atoms with Gasteiger partial charge in [0.05, 0.1) is 24.1 Å². The molecule has 1 aromatic carbocycles. The highest BCUT2D eigenvalue weighted by Gasteiger charge is 2.18. The zero-order chi connectivity index (χ0) is 14.8. The minimum atomic E-state index is -3.96. The van der Waals surface area contributed by atoms with Gasteiger partial charge < -0.3 is 5.73 Å². The summed E-state index contributed by atoms with van der Waals surface area (Å²) in [5.41, 5.74) is 6.70. The molecule has 0 saturated heterocycles.